The molecule has 0 bridgehead atoms. The van der Waals surface area contributed by atoms with E-state index in [0.717, 1.165) is 12.1 Å². The molecule has 0 fully saturated rings. The minimum absolute atomic E-state index is 0.0635. The fraction of sp³-hybridized carbons (Fsp3) is 0.300. The summed E-state index contributed by atoms with van der Waals surface area (Å²) in [6.07, 6.45) is -0.500. The summed E-state index contributed by atoms with van der Waals surface area (Å²) in [5.41, 5.74) is 0.226. The molecule has 4 nitrogen and oxygen atoms in total. The van der Waals surface area contributed by atoms with E-state index < -0.39 is 35.1 Å². The molecule has 26 heavy (non-hydrogen) atoms. The first-order valence-electron chi connectivity index (χ1n) is 8.16. The van der Waals surface area contributed by atoms with Gasteiger partial charge < -0.3 is 10.4 Å². The second-order valence-corrected chi connectivity index (χ2v) is 7.16. The quantitative estimate of drug-likeness (QED) is 0.856. The van der Waals surface area contributed by atoms with E-state index >= 15 is 0 Å². The van der Waals surface area contributed by atoms with E-state index in [0.29, 0.717) is 11.1 Å². The van der Waals surface area contributed by atoms with Crippen molar-refractivity contribution in [2.45, 2.75) is 39.2 Å². The monoisotopic (exact) mass is 361 g/mol. The highest BCUT2D eigenvalue weighted by molar-refractivity contribution is 5.95. The van der Waals surface area contributed by atoms with E-state index in [9.17, 15) is 23.5 Å². The van der Waals surface area contributed by atoms with Crippen molar-refractivity contribution in [2.24, 2.45) is 0 Å². The average molecular weight is 361 g/mol. The number of halogens is 2. The number of amides is 1. The zero-order valence-corrected chi connectivity index (χ0v) is 14.9. The third kappa shape index (κ3) is 5.12. The minimum Gasteiger partial charge on any atom is -0.508 e. The zero-order chi connectivity index (χ0) is 19.5. The fourth-order valence-electron chi connectivity index (χ4n) is 2.47. The van der Waals surface area contributed by atoms with Crippen molar-refractivity contribution in [3.63, 3.8) is 0 Å². The normalized spacial score (nSPS) is 11.3. The van der Waals surface area contributed by atoms with Crippen molar-refractivity contribution in [2.75, 3.05) is 0 Å². The molecule has 0 saturated heterocycles. The van der Waals surface area contributed by atoms with Gasteiger partial charge in [-0.25, -0.2) is 8.78 Å². The van der Waals surface area contributed by atoms with Crippen LogP contribution in [-0.4, -0.2) is 22.3 Å². The summed E-state index contributed by atoms with van der Waals surface area (Å²) in [4.78, 5) is 24.4. The third-order valence-electron chi connectivity index (χ3n) is 3.62. The second-order valence-electron chi connectivity index (χ2n) is 7.16. The van der Waals surface area contributed by atoms with Crippen molar-refractivity contribution in [3.05, 3.63) is 64.7 Å². The van der Waals surface area contributed by atoms with Crippen LogP contribution in [0.1, 0.15) is 42.3 Å². The first-order chi connectivity index (χ1) is 12.1. The molecule has 6 heteroatoms. The third-order valence-corrected chi connectivity index (χ3v) is 3.62. The lowest BCUT2D eigenvalue weighted by atomic mass is 9.99. The van der Waals surface area contributed by atoms with Crippen LogP contribution in [0.15, 0.2) is 36.4 Å². The molecule has 0 aliphatic carbocycles. The lowest BCUT2D eigenvalue weighted by Crippen LogP contribution is -2.40. The van der Waals surface area contributed by atoms with Crippen LogP contribution in [0, 0.1) is 11.6 Å². The zero-order valence-electron chi connectivity index (χ0n) is 14.9. The summed E-state index contributed by atoms with van der Waals surface area (Å²) in [5, 5.41) is 12.5. The van der Waals surface area contributed by atoms with Crippen LogP contribution in [-0.2, 0) is 17.6 Å². The van der Waals surface area contributed by atoms with E-state index in [4.69, 9.17) is 0 Å². The molecule has 0 aliphatic heterocycles. The standard InChI is InChI=1S/C20H21F2NO3/c1-20(2,3)23-19(26)13-6-4-5-12(9-13)10-14(24)11-15-17(25)8-7-16(21)18(15)22/h4-9,25H,10-11H2,1-3H3,(H,23,26). The lowest BCUT2D eigenvalue weighted by molar-refractivity contribution is -0.117. The molecule has 1 amide bonds. The summed E-state index contributed by atoms with van der Waals surface area (Å²) < 4.78 is 27.0. The smallest absolute Gasteiger partial charge is 0.251 e. The summed E-state index contributed by atoms with van der Waals surface area (Å²) in [7, 11) is 0. The van der Waals surface area contributed by atoms with Gasteiger partial charge in [-0.1, -0.05) is 12.1 Å². The van der Waals surface area contributed by atoms with Gasteiger partial charge in [-0.3, -0.25) is 9.59 Å². The molecule has 0 heterocycles. The molecule has 0 radical (unpaired) electrons. The van der Waals surface area contributed by atoms with Crippen molar-refractivity contribution in [3.8, 4) is 5.75 Å². The highest BCUT2D eigenvalue weighted by atomic mass is 19.2. The predicted octanol–water partition coefficient (Wildman–Crippen LogP) is 3.55. The van der Waals surface area contributed by atoms with Gasteiger partial charge in [0.15, 0.2) is 11.6 Å². The summed E-state index contributed by atoms with van der Waals surface area (Å²) in [6, 6.07) is 8.36. The Balaban J connectivity index is 2.12. The summed E-state index contributed by atoms with van der Waals surface area (Å²) in [5.74, 6) is -3.47. The Hall–Kier alpha value is -2.76. The lowest BCUT2D eigenvalue weighted by Gasteiger charge is -2.20. The maximum absolute atomic E-state index is 13.7. The van der Waals surface area contributed by atoms with Crippen LogP contribution in [0.4, 0.5) is 8.78 Å². The first kappa shape index (κ1) is 19.6. The number of benzene rings is 2. The number of hydrogen-bond acceptors (Lipinski definition) is 3. The van der Waals surface area contributed by atoms with Gasteiger partial charge in [0.25, 0.3) is 5.91 Å². The largest absolute Gasteiger partial charge is 0.508 e. The SMILES string of the molecule is CC(C)(C)NC(=O)c1cccc(CC(=O)Cc2c(O)ccc(F)c2F)c1. The highest BCUT2D eigenvalue weighted by Crippen LogP contribution is 2.23. The van der Waals surface area contributed by atoms with E-state index in [2.05, 4.69) is 5.32 Å². The number of carbonyl (C=O) groups excluding carboxylic acids is 2. The van der Waals surface area contributed by atoms with Crippen molar-refractivity contribution >= 4 is 11.7 Å². The van der Waals surface area contributed by atoms with Crippen molar-refractivity contribution in [1.29, 1.82) is 0 Å². The Morgan fingerprint density at radius 3 is 2.42 bits per heavy atom. The number of phenols is 1. The number of nitrogens with one attached hydrogen (secondary N) is 1. The van der Waals surface area contributed by atoms with E-state index in [-0.39, 0.29) is 17.9 Å². The molecule has 2 N–H and O–H groups in total. The number of ketones is 1. The van der Waals surface area contributed by atoms with Gasteiger partial charge in [-0.05, 0) is 50.6 Å². The Morgan fingerprint density at radius 2 is 1.77 bits per heavy atom. The number of aromatic hydroxyl groups is 1. The summed E-state index contributed by atoms with van der Waals surface area (Å²) >= 11 is 0. The van der Waals surface area contributed by atoms with E-state index in [1.54, 1.807) is 24.3 Å². The molecule has 0 aliphatic rings. The number of phenolic OH excluding ortho intramolecular Hbond substituents is 1. The molecular formula is C20H21F2NO3. The average Bonchev–Trinajstić information content (AvgIpc) is 2.54. The topological polar surface area (TPSA) is 66.4 Å². The van der Waals surface area contributed by atoms with E-state index in [1.165, 1.54) is 0 Å². The summed E-state index contributed by atoms with van der Waals surface area (Å²) in [6.45, 7) is 5.58. The number of rotatable bonds is 5. The minimum atomic E-state index is -1.23. The van der Waals surface area contributed by atoms with Crippen LogP contribution in [0.2, 0.25) is 0 Å². The molecule has 0 spiro atoms. The second kappa shape index (κ2) is 7.64. The van der Waals surface area contributed by atoms with Crippen LogP contribution in [0.5, 0.6) is 5.75 Å². The number of Topliss-reactive ketones (excluding diaryl/α,β-unsaturated/α-hetero) is 1. The Bertz CT molecular complexity index is 841. The Kier molecular flexibility index (Phi) is 5.75. The van der Waals surface area contributed by atoms with Gasteiger partial charge in [-0.2, -0.15) is 0 Å². The van der Waals surface area contributed by atoms with Crippen molar-refractivity contribution in [1.82, 2.24) is 5.32 Å². The number of hydrogen-bond donors (Lipinski definition) is 2. The number of carbonyl (C=O) groups is 2. The first-order valence-corrected chi connectivity index (χ1v) is 8.16. The van der Waals surface area contributed by atoms with Gasteiger partial charge in [0, 0.05) is 29.5 Å². The maximum Gasteiger partial charge on any atom is 0.251 e. The van der Waals surface area contributed by atoms with Gasteiger partial charge in [-0.15, -0.1) is 0 Å². The van der Waals surface area contributed by atoms with Crippen LogP contribution in [0.25, 0.3) is 0 Å². The molecule has 0 aromatic heterocycles. The highest BCUT2D eigenvalue weighted by Gasteiger charge is 2.18. The molecular weight excluding hydrogens is 340 g/mol. The van der Waals surface area contributed by atoms with E-state index in [1.807, 2.05) is 20.8 Å². The van der Waals surface area contributed by atoms with Crippen molar-refractivity contribution < 1.29 is 23.5 Å². The predicted molar refractivity (Wildman–Crippen MR) is 94.1 cm³/mol. The Labute approximate surface area is 150 Å². The molecule has 0 saturated carbocycles. The van der Waals surface area contributed by atoms with Gasteiger partial charge in [0.1, 0.15) is 11.5 Å². The molecule has 0 unspecified atom stereocenters. The molecule has 2 rings (SSSR count). The van der Waals surface area contributed by atoms with Crippen LogP contribution in [0.3, 0.4) is 0 Å². The van der Waals surface area contributed by atoms with Gasteiger partial charge >= 0.3 is 0 Å². The molecule has 2 aromatic carbocycles. The molecule has 0 atom stereocenters. The fourth-order valence-corrected chi connectivity index (χ4v) is 2.47. The van der Waals surface area contributed by atoms with Crippen LogP contribution < -0.4 is 5.32 Å². The molecule has 2 aromatic rings. The van der Waals surface area contributed by atoms with Gasteiger partial charge in [0.05, 0.1) is 0 Å². The van der Waals surface area contributed by atoms with Crippen LogP contribution >= 0.6 is 0 Å². The molecule has 138 valence electrons. The maximum atomic E-state index is 13.7. The Morgan fingerprint density at radius 1 is 1.08 bits per heavy atom. The van der Waals surface area contributed by atoms with Gasteiger partial charge in [0.2, 0.25) is 0 Å².